The van der Waals surface area contributed by atoms with Gasteiger partial charge in [0.25, 0.3) is 5.91 Å². The van der Waals surface area contributed by atoms with E-state index in [1.807, 2.05) is 0 Å². The number of aromatic nitrogens is 2. The normalized spacial score (nSPS) is 10.5. The van der Waals surface area contributed by atoms with Gasteiger partial charge in [0.1, 0.15) is 0 Å². The minimum Gasteiger partial charge on any atom is -0.459 e. The Hall–Kier alpha value is -2.60. The molecule has 1 aromatic carbocycles. The Labute approximate surface area is 124 Å². The fourth-order valence-electron chi connectivity index (χ4n) is 1.68. The Morgan fingerprint density at radius 2 is 2.00 bits per heavy atom. The Bertz CT molecular complexity index is 735. The largest absolute Gasteiger partial charge is 0.459 e. The molecular weight excluding hydrogens is 294 g/mol. The van der Waals surface area contributed by atoms with Gasteiger partial charge in [-0.05, 0) is 36.4 Å². The maximum Gasteiger partial charge on any atom is 0.287 e. The van der Waals surface area contributed by atoms with Gasteiger partial charge in [0, 0.05) is 10.6 Å². The number of furan rings is 1. The lowest BCUT2D eigenvalue weighted by molar-refractivity contribution is 0.0919. The minimum absolute atomic E-state index is 0.125. The highest BCUT2D eigenvalue weighted by molar-refractivity contribution is 6.30. The van der Waals surface area contributed by atoms with Gasteiger partial charge in [0.15, 0.2) is 5.76 Å². The third-order valence-corrected chi connectivity index (χ3v) is 2.96. The molecule has 0 unspecified atom stereocenters. The summed E-state index contributed by atoms with van der Waals surface area (Å²) in [5.74, 6) is 0.562. The van der Waals surface area contributed by atoms with Crippen LogP contribution in [-0.4, -0.2) is 16.1 Å². The predicted octanol–water partition coefficient (Wildman–Crippen LogP) is 2.91. The highest BCUT2D eigenvalue weighted by Crippen LogP contribution is 2.20. The third kappa shape index (κ3) is 3.11. The number of carbonyl (C=O) groups excluding carboxylic acids is 1. The molecule has 0 spiro atoms. The average molecular weight is 304 g/mol. The van der Waals surface area contributed by atoms with Crippen molar-refractivity contribution in [2.75, 3.05) is 0 Å². The van der Waals surface area contributed by atoms with E-state index in [4.69, 9.17) is 20.4 Å². The number of carbonyl (C=O) groups is 1. The van der Waals surface area contributed by atoms with E-state index in [1.165, 1.54) is 6.26 Å². The summed E-state index contributed by atoms with van der Waals surface area (Å²) in [5.41, 5.74) is 0.760. The molecule has 0 fully saturated rings. The van der Waals surface area contributed by atoms with E-state index in [1.54, 1.807) is 36.4 Å². The summed E-state index contributed by atoms with van der Waals surface area (Å²) >= 11 is 5.81. The lowest BCUT2D eigenvalue weighted by Gasteiger charge is -1.98. The van der Waals surface area contributed by atoms with Crippen LogP contribution in [0, 0.1) is 0 Å². The van der Waals surface area contributed by atoms with Crippen LogP contribution in [0.5, 0.6) is 0 Å². The van der Waals surface area contributed by atoms with E-state index in [-0.39, 0.29) is 18.2 Å². The van der Waals surface area contributed by atoms with Crippen molar-refractivity contribution in [3.05, 3.63) is 59.3 Å². The fraction of sp³-hybridized carbons (Fsp3) is 0.0714. The summed E-state index contributed by atoms with van der Waals surface area (Å²) in [6, 6.07) is 10.2. The summed E-state index contributed by atoms with van der Waals surface area (Å²) in [4.78, 5) is 11.7. The smallest absolute Gasteiger partial charge is 0.287 e. The van der Waals surface area contributed by atoms with Crippen LogP contribution in [0.25, 0.3) is 11.5 Å². The van der Waals surface area contributed by atoms with Gasteiger partial charge in [-0.1, -0.05) is 11.6 Å². The summed E-state index contributed by atoms with van der Waals surface area (Å²) in [6.07, 6.45) is 1.43. The molecule has 2 aromatic heterocycles. The maximum absolute atomic E-state index is 11.7. The Morgan fingerprint density at radius 3 is 2.71 bits per heavy atom. The molecule has 0 aliphatic heterocycles. The molecule has 106 valence electrons. The van der Waals surface area contributed by atoms with Gasteiger partial charge < -0.3 is 14.2 Å². The molecule has 7 heteroatoms. The van der Waals surface area contributed by atoms with Crippen LogP contribution in [0.3, 0.4) is 0 Å². The van der Waals surface area contributed by atoms with E-state index in [2.05, 4.69) is 15.5 Å². The highest BCUT2D eigenvalue weighted by atomic mass is 35.5. The molecule has 1 N–H and O–H groups in total. The van der Waals surface area contributed by atoms with Crippen LogP contribution in [-0.2, 0) is 6.54 Å². The van der Waals surface area contributed by atoms with Crippen molar-refractivity contribution in [2.24, 2.45) is 0 Å². The molecule has 0 bridgehead atoms. The van der Waals surface area contributed by atoms with Gasteiger partial charge in [0.2, 0.25) is 11.8 Å². The number of hydrogen-bond acceptors (Lipinski definition) is 5. The van der Waals surface area contributed by atoms with E-state index in [9.17, 15) is 4.79 Å². The molecule has 0 atom stereocenters. The predicted molar refractivity (Wildman–Crippen MR) is 74.6 cm³/mol. The molecule has 0 aliphatic carbocycles. The molecule has 21 heavy (non-hydrogen) atoms. The molecule has 1 amide bonds. The Morgan fingerprint density at radius 1 is 1.19 bits per heavy atom. The second-order valence-electron chi connectivity index (χ2n) is 4.17. The zero-order valence-corrected chi connectivity index (χ0v) is 11.5. The molecule has 2 heterocycles. The van der Waals surface area contributed by atoms with Gasteiger partial charge >= 0.3 is 0 Å². The first-order valence-corrected chi connectivity index (χ1v) is 6.50. The van der Waals surface area contributed by atoms with Crippen molar-refractivity contribution in [3.8, 4) is 11.5 Å². The second-order valence-corrected chi connectivity index (χ2v) is 4.60. The number of hydrogen-bond donors (Lipinski definition) is 1. The molecule has 0 saturated heterocycles. The van der Waals surface area contributed by atoms with Crippen molar-refractivity contribution < 1.29 is 13.6 Å². The highest BCUT2D eigenvalue weighted by Gasteiger charge is 2.12. The van der Waals surface area contributed by atoms with Crippen LogP contribution in [0.15, 0.2) is 51.5 Å². The zero-order chi connectivity index (χ0) is 14.7. The third-order valence-electron chi connectivity index (χ3n) is 2.70. The SMILES string of the molecule is O=C(NCc1nnc(-c2ccc(Cl)cc2)o1)c1ccco1. The molecule has 6 nitrogen and oxygen atoms in total. The molecule has 0 radical (unpaired) electrons. The van der Waals surface area contributed by atoms with Crippen LogP contribution in [0.4, 0.5) is 0 Å². The molecular formula is C14H10ClN3O3. The van der Waals surface area contributed by atoms with Crippen molar-refractivity contribution in [1.29, 1.82) is 0 Å². The number of nitrogens with one attached hydrogen (secondary N) is 1. The number of halogens is 1. The summed E-state index contributed by atoms with van der Waals surface area (Å²) < 4.78 is 10.4. The number of benzene rings is 1. The van der Waals surface area contributed by atoms with Gasteiger partial charge in [-0.25, -0.2) is 0 Å². The fourth-order valence-corrected chi connectivity index (χ4v) is 1.81. The van der Waals surface area contributed by atoms with Crippen LogP contribution in [0.1, 0.15) is 16.4 Å². The van der Waals surface area contributed by atoms with Crippen LogP contribution >= 0.6 is 11.6 Å². The summed E-state index contributed by atoms with van der Waals surface area (Å²) in [6.45, 7) is 0.125. The molecule has 3 aromatic rings. The zero-order valence-electron chi connectivity index (χ0n) is 10.7. The number of amides is 1. The van der Waals surface area contributed by atoms with Gasteiger partial charge in [-0.3, -0.25) is 4.79 Å². The van der Waals surface area contributed by atoms with Crippen molar-refractivity contribution in [1.82, 2.24) is 15.5 Å². The Balaban J connectivity index is 1.65. The number of rotatable bonds is 4. The monoisotopic (exact) mass is 303 g/mol. The summed E-state index contributed by atoms with van der Waals surface area (Å²) in [7, 11) is 0. The lowest BCUT2D eigenvalue weighted by atomic mass is 10.2. The van der Waals surface area contributed by atoms with Crippen molar-refractivity contribution >= 4 is 17.5 Å². The van der Waals surface area contributed by atoms with Gasteiger partial charge in [-0.15, -0.1) is 10.2 Å². The molecule has 0 aliphatic rings. The number of nitrogens with zero attached hydrogens (tertiary/aromatic N) is 2. The molecule has 3 rings (SSSR count). The molecule has 0 saturated carbocycles. The first-order valence-electron chi connectivity index (χ1n) is 6.12. The van der Waals surface area contributed by atoms with Crippen molar-refractivity contribution in [2.45, 2.75) is 6.54 Å². The summed E-state index contributed by atoms with van der Waals surface area (Å²) in [5, 5.41) is 11.0. The standard InChI is InChI=1S/C14H10ClN3O3/c15-10-5-3-9(4-6-10)14-18-17-12(21-14)8-16-13(19)11-2-1-7-20-11/h1-7H,8H2,(H,16,19). The van der Waals surface area contributed by atoms with E-state index >= 15 is 0 Å². The Kier molecular flexibility index (Phi) is 3.70. The van der Waals surface area contributed by atoms with Crippen LogP contribution < -0.4 is 5.32 Å². The average Bonchev–Trinajstić information content (AvgIpc) is 3.17. The topological polar surface area (TPSA) is 81.2 Å². The lowest BCUT2D eigenvalue weighted by Crippen LogP contribution is -2.22. The quantitative estimate of drug-likeness (QED) is 0.801. The second kappa shape index (κ2) is 5.80. The van der Waals surface area contributed by atoms with Crippen molar-refractivity contribution in [3.63, 3.8) is 0 Å². The van der Waals surface area contributed by atoms with Crippen LogP contribution in [0.2, 0.25) is 5.02 Å². The van der Waals surface area contributed by atoms with Gasteiger partial charge in [0.05, 0.1) is 12.8 Å². The minimum atomic E-state index is -0.341. The first-order chi connectivity index (χ1) is 10.2. The van der Waals surface area contributed by atoms with E-state index < -0.39 is 0 Å². The van der Waals surface area contributed by atoms with E-state index in [0.717, 1.165) is 5.56 Å². The first kappa shape index (κ1) is 13.4. The maximum atomic E-state index is 11.7. The van der Waals surface area contributed by atoms with E-state index in [0.29, 0.717) is 16.8 Å². The van der Waals surface area contributed by atoms with Gasteiger partial charge in [-0.2, -0.15) is 0 Å².